The van der Waals surface area contributed by atoms with Crippen LogP contribution in [0.25, 0.3) is 20.7 Å². The van der Waals surface area contributed by atoms with Gasteiger partial charge in [0, 0.05) is 35.6 Å². The average molecular weight is 728 g/mol. The highest BCUT2D eigenvalue weighted by Crippen LogP contribution is 2.30. The van der Waals surface area contributed by atoms with E-state index in [0.717, 1.165) is 28.0 Å². The lowest BCUT2D eigenvalue weighted by molar-refractivity contribution is -0.137. The van der Waals surface area contributed by atoms with Gasteiger partial charge in [0.05, 0.1) is 16.6 Å². The number of amides is 2. The molecule has 9 nitrogen and oxygen atoms in total. The first-order valence-electron chi connectivity index (χ1n) is 14.5. The van der Waals surface area contributed by atoms with Gasteiger partial charge in [-0.2, -0.15) is 13.2 Å². The maximum atomic E-state index is 12.9. The third-order valence-electron chi connectivity index (χ3n) is 6.89. The molecule has 6 aromatic rings. The van der Waals surface area contributed by atoms with Gasteiger partial charge >= 0.3 is 6.18 Å². The van der Waals surface area contributed by atoms with Gasteiger partial charge in [-0.05, 0) is 113 Å². The molecule has 5 aromatic heterocycles. The molecule has 48 heavy (non-hydrogen) atoms. The van der Waals surface area contributed by atoms with Crippen LogP contribution in [0.5, 0.6) is 0 Å². The molecule has 2 amide bonds. The van der Waals surface area contributed by atoms with E-state index in [1.54, 1.807) is 41.6 Å². The summed E-state index contributed by atoms with van der Waals surface area (Å²) in [6.45, 7) is 7.55. The fraction of sp³-hybridized carbons (Fsp3) is 0.219. The predicted molar refractivity (Wildman–Crippen MR) is 189 cm³/mol. The van der Waals surface area contributed by atoms with E-state index in [9.17, 15) is 22.8 Å². The second-order valence-electron chi connectivity index (χ2n) is 10.9. The van der Waals surface area contributed by atoms with Crippen molar-refractivity contribution in [2.45, 2.75) is 46.0 Å². The molecule has 0 radical (unpaired) electrons. The van der Waals surface area contributed by atoms with Crippen LogP contribution in [0.4, 0.5) is 24.8 Å². The molecular weight excluding hydrogens is 700 g/mol. The number of benzene rings is 1. The zero-order chi connectivity index (χ0) is 34.7. The third kappa shape index (κ3) is 7.84. The van der Waals surface area contributed by atoms with E-state index in [1.807, 2.05) is 39.8 Å². The second kappa shape index (κ2) is 14.4. The standard InChI is InChI=1S/C17H14F3N3OS2.C15H14N4OS2/c1-9(2)23(13-8-7-12-14(22-13)26-16(25)21-12)15(24)10-3-5-11(6-4-10)17(18,19)20;1-9(2)19(14(20)10-5-7-16-8-6-10)12-4-3-11-13(18-12)22-15(21)17-11/h3-9H,1-2H3,(H,21,25);3-9H,1-2H3,(H,17,21). The van der Waals surface area contributed by atoms with Crippen molar-refractivity contribution in [3.63, 3.8) is 0 Å². The van der Waals surface area contributed by atoms with Crippen molar-refractivity contribution in [3.05, 3.63) is 97.7 Å². The number of carbonyl (C=O) groups is 2. The summed E-state index contributed by atoms with van der Waals surface area (Å²) in [6.07, 6.45) is -1.22. The van der Waals surface area contributed by atoms with E-state index in [-0.39, 0.29) is 23.6 Å². The van der Waals surface area contributed by atoms with Gasteiger partial charge in [-0.25, -0.2) is 9.97 Å². The predicted octanol–water partition coefficient (Wildman–Crippen LogP) is 9.23. The Morgan fingerprint density at radius 2 is 1.10 bits per heavy atom. The number of alkyl halides is 3. The molecule has 0 aliphatic rings. The Labute approximate surface area is 291 Å². The molecule has 248 valence electrons. The maximum absolute atomic E-state index is 12.9. The van der Waals surface area contributed by atoms with E-state index in [2.05, 4.69) is 24.9 Å². The molecule has 1 aromatic carbocycles. The Morgan fingerprint density at radius 1 is 0.688 bits per heavy atom. The van der Waals surface area contributed by atoms with Gasteiger partial charge in [-0.15, -0.1) is 0 Å². The molecule has 0 spiro atoms. The number of fused-ring (bicyclic) bond motifs is 2. The minimum absolute atomic E-state index is 0.0162. The molecule has 0 unspecified atom stereocenters. The van der Waals surface area contributed by atoms with Crippen LogP contribution in [0.2, 0.25) is 0 Å². The SMILES string of the molecule is CC(C)N(C(=O)c1ccc(C(F)(F)F)cc1)c1ccc2[nH]c(=S)sc2n1.CC(C)N(C(=O)c1ccncc1)c1ccc2[nH]c(=S)sc2n1. The van der Waals surface area contributed by atoms with Crippen molar-refractivity contribution in [2.24, 2.45) is 0 Å². The van der Waals surface area contributed by atoms with Gasteiger partial charge in [0.15, 0.2) is 7.91 Å². The summed E-state index contributed by atoms with van der Waals surface area (Å²) >= 11 is 12.9. The summed E-state index contributed by atoms with van der Waals surface area (Å²) < 4.78 is 39.4. The number of anilines is 2. The van der Waals surface area contributed by atoms with Crippen molar-refractivity contribution in [1.82, 2.24) is 24.9 Å². The van der Waals surface area contributed by atoms with Crippen LogP contribution in [-0.4, -0.2) is 48.8 Å². The van der Waals surface area contributed by atoms with E-state index in [4.69, 9.17) is 24.4 Å². The van der Waals surface area contributed by atoms with Crippen molar-refractivity contribution >= 4 is 91.3 Å². The van der Waals surface area contributed by atoms with Gasteiger partial charge in [0.1, 0.15) is 21.3 Å². The zero-order valence-corrected chi connectivity index (χ0v) is 29.2. The first kappa shape index (κ1) is 34.9. The fourth-order valence-electron chi connectivity index (χ4n) is 4.70. The monoisotopic (exact) mass is 727 g/mol. The molecule has 5 heterocycles. The summed E-state index contributed by atoms with van der Waals surface area (Å²) in [7, 11) is 0. The summed E-state index contributed by atoms with van der Waals surface area (Å²) in [5, 5.41) is 0. The minimum atomic E-state index is -4.44. The minimum Gasteiger partial charge on any atom is -0.336 e. The Hall–Kier alpha value is -4.38. The summed E-state index contributed by atoms with van der Waals surface area (Å²) in [5.74, 6) is 0.528. The summed E-state index contributed by atoms with van der Waals surface area (Å²) in [6, 6.07) is 14.5. The molecule has 0 saturated carbocycles. The molecule has 0 aliphatic carbocycles. The Balaban J connectivity index is 0.000000190. The molecular formula is C32H28F3N7O2S4. The topological polar surface area (TPSA) is 111 Å². The number of thiazole rings is 2. The van der Waals surface area contributed by atoms with Crippen LogP contribution in [-0.2, 0) is 6.18 Å². The van der Waals surface area contributed by atoms with Crippen molar-refractivity contribution in [1.29, 1.82) is 0 Å². The van der Waals surface area contributed by atoms with Crippen LogP contribution in [0.3, 0.4) is 0 Å². The maximum Gasteiger partial charge on any atom is 0.416 e. The number of aromatic amines is 2. The highest BCUT2D eigenvalue weighted by molar-refractivity contribution is 7.74. The lowest BCUT2D eigenvalue weighted by Gasteiger charge is -2.26. The molecule has 6 rings (SSSR count). The number of nitrogens with one attached hydrogen (secondary N) is 2. The lowest BCUT2D eigenvalue weighted by Crippen LogP contribution is -2.37. The number of rotatable bonds is 6. The van der Waals surface area contributed by atoms with Gasteiger partial charge in [-0.3, -0.25) is 24.4 Å². The summed E-state index contributed by atoms with van der Waals surface area (Å²) in [5.41, 5.74) is 1.62. The summed E-state index contributed by atoms with van der Waals surface area (Å²) in [4.78, 5) is 49.3. The van der Waals surface area contributed by atoms with Crippen LogP contribution < -0.4 is 9.80 Å². The molecule has 0 bridgehead atoms. The van der Waals surface area contributed by atoms with Crippen LogP contribution in [0.15, 0.2) is 73.1 Å². The van der Waals surface area contributed by atoms with E-state index < -0.39 is 17.6 Å². The number of hydrogen-bond acceptors (Lipinski definition) is 9. The number of halogens is 3. The molecule has 0 saturated heterocycles. The first-order valence-corrected chi connectivity index (χ1v) is 16.9. The van der Waals surface area contributed by atoms with E-state index in [1.165, 1.54) is 39.7 Å². The average Bonchev–Trinajstić information content (AvgIpc) is 3.61. The van der Waals surface area contributed by atoms with Crippen molar-refractivity contribution < 1.29 is 22.8 Å². The van der Waals surface area contributed by atoms with Gasteiger partial charge in [0.2, 0.25) is 0 Å². The van der Waals surface area contributed by atoms with Crippen LogP contribution >= 0.6 is 47.1 Å². The van der Waals surface area contributed by atoms with E-state index >= 15 is 0 Å². The van der Waals surface area contributed by atoms with Gasteiger partial charge in [-0.1, -0.05) is 22.7 Å². The van der Waals surface area contributed by atoms with Crippen molar-refractivity contribution in [3.8, 4) is 0 Å². The number of aromatic nitrogens is 5. The Kier molecular flexibility index (Phi) is 10.5. The van der Waals surface area contributed by atoms with Gasteiger partial charge < -0.3 is 9.97 Å². The fourth-order valence-corrected chi connectivity index (χ4v) is 6.81. The number of hydrogen-bond donors (Lipinski definition) is 2. The Bertz CT molecular complexity index is 2190. The highest BCUT2D eigenvalue weighted by Gasteiger charge is 2.31. The number of carbonyl (C=O) groups excluding carboxylic acids is 2. The quantitative estimate of drug-likeness (QED) is 0.165. The third-order valence-corrected chi connectivity index (χ3v) is 9.18. The number of nitrogens with zero attached hydrogens (tertiary/aromatic N) is 5. The van der Waals surface area contributed by atoms with Crippen LogP contribution in [0.1, 0.15) is 54.0 Å². The molecule has 0 atom stereocenters. The lowest BCUT2D eigenvalue weighted by atomic mass is 10.1. The highest BCUT2D eigenvalue weighted by atomic mass is 32.2. The molecule has 0 aliphatic heterocycles. The zero-order valence-electron chi connectivity index (χ0n) is 25.9. The van der Waals surface area contributed by atoms with Crippen molar-refractivity contribution in [2.75, 3.05) is 9.80 Å². The van der Waals surface area contributed by atoms with Crippen LogP contribution in [0, 0.1) is 7.91 Å². The second-order valence-corrected chi connectivity index (χ2v) is 14.3. The largest absolute Gasteiger partial charge is 0.416 e. The number of H-pyrrole nitrogens is 2. The molecule has 16 heteroatoms. The van der Waals surface area contributed by atoms with Gasteiger partial charge in [0.25, 0.3) is 11.8 Å². The number of pyridine rings is 3. The molecule has 0 fully saturated rings. The molecule has 2 N–H and O–H groups in total. The van der Waals surface area contributed by atoms with E-state index in [0.29, 0.717) is 29.9 Å². The smallest absolute Gasteiger partial charge is 0.336 e. The normalized spacial score (nSPS) is 11.5. The first-order chi connectivity index (χ1) is 22.7. The Morgan fingerprint density at radius 3 is 1.50 bits per heavy atom.